The van der Waals surface area contributed by atoms with Crippen LogP contribution < -0.4 is 4.74 Å². The van der Waals surface area contributed by atoms with Crippen LogP contribution in [0, 0.1) is 0 Å². The van der Waals surface area contributed by atoms with Gasteiger partial charge in [-0.25, -0.2) is 9.50 Å². The highest BCUT2D eigenvalue weighted by molar-refractivity contribution is 5.94. The summed E-state index contributed by atoms with van der Waals surface area (Å²) in [5, 5.41) is 6.91. The zero-order valence-electron chi connectivity index (χ0n) is 14.4. The topological polar surface area (TPSA) is 39.4 Å². The number of hydrogen-bond donors (Lipinski definition) is 0. The van der Waals surface area contributed by atoms with Gasteiger partial charge in [0, 0.05) is 17.1 Å². The minimum atomic E-state index is 0.718. The number of aromatic nitrogens is 3. The monoisotopic (exact) mass is 331 g/mol. The molecule has 0 N–H and O–H groups in total. The molecule has 2 aromatic carbocycles. The van der Waals surface area contributed by atoms with E-state index in [1.165, 1.54) is 18.2 Å². The molecule has 0 unspecified atom stereocenters. The number of benzene rings is 2. The summed E-state index contributed by atoms with van der Waals surface area (Å²) >= 11 is 0. The first kappa shape index (κ1) is 15.6. The van der Waals surface area contributed by atoms with Crippen molar-refractivity contribution in [2.45, 2.75) is 26.2 Å². The molecule has 0 saturated carbocycles. The molecule has 0 fully saturated rings. The van der Waals surface area contributed by atoms with E-state index in [1.807, 2.05) is 47.1 Å². The molecule has 0 atom stereocenters. The van der Waals surface area contributed by atoms with E-state index in [9.17, 15) is 0 Å². The summed E-state index contributed by atoms with van der Waals surface area (Å²) in [6.45, 7) is 2.94. The van der Waals surface area contributed by atoms with Gasteiger partial charge >= 0.3 is 0 Å². The molecule has 2 heterocycles. The molecular weight excluding hydrogens is 310 g/mol. The zero-order valence-corrected chi connectivity index (χ0v) is 14.4. The van der Waals surface area contributed by atoms with E-state index in [2.05, 4.69) is 30.2 Å². The van der Waals surface area contributed by atoms with Crippen LogP contribution in [-0.2, 0) is 0 Å². The first-order chi connectivity index (χ1) is 12.3. The first-order valence-corrected chi connectivity index (χ1v) is 8.82. The Bertz CT molecular complexity index is 1010. The fourth-order valence-electron chi connectivity index (χ4n) is 3.00. The van der Waals surface area contributed by atoms with Crippen LogP contribution in [0.5, 0.6) is 5.75 Å². The highest BCUT2D eigenvalue weighted by atomic mass is 16.5. The molecule has 4 rings (SSSR count). The van der Waals surface area contributed by atoms with Crippen LogP contribution in [-0.4, -0.2) is 21.2 Å². The smallest absolute Gasteiger partial charge is 0.182 e. The third kappa shape index (κ3) is 3.20. The van der Waals surface area contributed by atoms with Gasteiger partial charge < -0.3 is 4.74 Å². The van der Waals surface area contributed by atoms with Crippen LogP contribution in [0.25, 0.3) is 27.8 Å². The molecular formula is C21H21N3O. The van der Waals surface area contributed by atoms with Gasteiger partial charge in [0.15, 0.2) is 11.5 Å². The largest absolute Gasteiger partial charge is 0.494 e. The van der Waals surface area contributed by atoms with Crippen LogP contribution >= 0.6 is 0 Å². The molecule has 4 aromatic rings. The van der Waals surface area contributed by atoms with Crippen molar-refractivity contribution in [3.8, 4) is 17.1 Å². The van der Waals surface area contributed by atoms with E-state index in [4.69, 9.17) is 9.72 Å². The van der Waals surface area contributed by atoms with E-state index in [-0.39, 0.29) is 0 Å². The quantitative estimate of drug-likeness (QED) is 0.460. The lowest BCUT2D eigenvalue weighted by atomic mass is 10.2. The van der Waals surface area contributed by atoms with Gasteiger partial charge in [0.1, 0.15) is 5.75 Å². The highest BCUT2D eigenvalue weighted by Crippen LogP contribution is 2.24. The van der Waals surface area contributed by atoms with Crippen molar-refractivity contribution in [3.05, 3.63) is 60.8 Å². The van der Waals surface area contributed by atoms with E-state index in [0.29, 0.717) is 0 Å². The molecule has 126 valence electrons. The maximum atomic E-state index is 5.85. The molecule has 0 aliphatic rings. The molecule has 0 amide bonds. The van der Waals surface area contributed by atoms with Gasteiger partial charge in [0.2, 0.25) is 0 Å². The molecule has 4 nitrogen and oxygen atoms in total. The Hall–Kier alpha value is -2.88. The van der Waals surface area contributed by atoms with E-state index >= 15 is 0 Å². The zero-order chi connectivity index (χ0) is 17.1. The number of ether oxygens (including phenoxy) is 1. The summed E-state index contributed by atoms with van der Waals surface area (Å²) in [6, 6.07) is 18.3. The van der Waals surface area contributed by atoms with Crippen LogP contribution in [0.15, 0.2) is 60.8 Å². The molecule has 0 aliphatic carbocycles. The highest BCUT2D eigenvalue weighted by Gasteiger charge is 2.10. The number of pyridine rings is 1. The van der Waals surface area contributed by atoms with Crippen molar-refractivity contribution in [3.63, 3.8) is 0 Å². The number of nitrogens with zero attached hydrogens (tertiary/aromatic N) is 3. The van der Waals surface area contributed by atoms with Crippen LogP contribution in [0.3, 0.4) is 0 Å². The average Bonchev–Trinajstić information content (AvgIpc) is 3.10. The molecule has 25 heavy (non-hydrogen) atoms. The molecule has 2 aromatic heterocycles. The molecule has 0 saturated heterocycles. The second kappa shape index (κ2) is 6.93. The first-order valence-electron chi connectivity index (χ1n) is 8.82. The summed E-state index contributed by atoms with van der Waals surface area (Å²) in [5.74, 6) is 1.59. The number of hydrogen-bond acceptors (Lipinski definition) is 3. The molecule has 0 aliphatic heterocycles. The van der Waals surface area contributed by atoms with Crippen LogP contribution in [0.1, 0.15) is 26.2 Å². The van der Waals surface area contributed by atoms with Crippen LogP contribution in [0.2, 0.25) is 0 Å². The number of unbranched alkanes of at least 4 members (excludes halogenated alkanes) is 2. The predicted molar refractivity (Wildman–Crippen MR) is 101 cm³/mol. The minimum Gasteiger partial charge on any atom is -0.494 e. The third-order valence-electron chi connectivity index (χ3n) is 4.34. The molecule has 4 heteroatoms. The predicted octanol–water partition coefficient (Wildman–Crippen LogP) is 5.12. The Morgan fingerprint density at radius 2 is 1.92 bits per heavy atom. The fraction of sp³-hybridized carbons (Fsp3) is 0.238. The van der Waals surface area contributed by atoms with E-state index in [1.54, 1.807) is 0 Å². The van der Waals surface area contributed by atoms with Crippen molar-refractivity contribution in [2.75, 3.05) is 6.61 Å². The Balaban J connectivity index is 1.66. The Morgan fingerprint density at radius 1 is 1.00 bits per heavy atom. The van der Waals surface area contributed by atoms with Crippen LogP contribution in [0.4, 0.5) is 0 Å². The molecule has 0 bridgehead atoms. The van der Waals surface area contributed by atoms with Gasteiger partial charge in [-0.1, -0.05) is 56.2 Å². The minimum absolute atomic E-state index is 0.718. The van der Waals surface area contributed by atoms with E-state index < -0.39 is 0 Å². The van der Waals surface area contributed by atoms with Crippen molar-refractivity contribution in [1.29, 1.82) is 0 Å². The summed E-state index contributed by atoms with van der Waals surface area (Å²) in [7, 11) is 0. The SMILES string of the molecule is CCCCCOc1cccc(-c2nc3c4ccccc4ccn3n2)c1. The van der Waals surface area contributed by atoms with Crippen molar-refractivity contribution in [2.24, 2.45) is 0 Å². The molecule has 0 spiro atoms. The standard InChI is InChI=1S/C21H21N3O/c1-2-3-6-14-25-18-10-7-9-17(15-18)20-22-21-19-11-5-4-8-16(19)12-13-24(21)23-20/h4-5,7-13,15H,2-3,6,14H2,1H3. The van der Waals surface area contributed by atoms with Gasteiger partial charge in [-0.05, 0) is 30.0 Å². The second-order valence-electron chi connectivity index (χ2n) is 6.19. The maximum Gasteiger partial charge on any atom is 0.182 e. The summed E-state index contributed by atoms with van der Waals surface area (Å²) in [4.78, 5) is 4.76. The second-order valence-corrected chi connectivity index (χ2v) is 6.19. The molecule has 0 radical (unpaired) electrons. The lowest BCUT2D eigenvalue weighted by Crippen LogP contribution is -1.97. The lowest BCUT2D eigenvalue weighted by Gasteiger charge is -2.06. The Kier molecular flexibility index (Phi) is 4.34. The van der Waals surface area contributed by atoms with Crippen molar-refractivity contribution < 1.29 is 4.74 Å². The number of fused-ring (bicyclic) bond motifs is 3. The van der Waals surface area contributed by atoms with Gasteiger partial charge in [-0.2, -0.15) is 0 Å². The summed E-state index contributed by atoms with van der Waals surface area (Å²) in [6.07, 6.45) is 5.43. The van der Waals surface area contributed by atoms with Gasteiger partial charge in [0.25, 0.3) is 0 Å². The number of rotatable bonds is 6. The van der Waals surface area contributed by atoms with Gasteiger partial charge in [0.05, 0.1) is 6.61 Å². The summed E-state index contributed by atoms with van der Waals surface area (Å²) < 4.78 is 7.69. The summed E-state index contributed by atoms with van der Waals surface area (Å²) in [5.41, 5.74) is 1.85. The van der Waals surface area contributed by atoms with Crippen molar-refractivity contribution in [1.82, 2.24) is 14.6 Å². The average molecular weight is 331 g/mol. The fourth-order valence-corrected chi connectivity index (χ4v) is 3.00. The van der Waals surface area contributed by atoms with Crippen molar-refractivity contribution >= 4 is 16.4 Å². The Morgan fingerprint density at radius 3 is 2.84 bits per heavy atom. The third-order valence-corrected chi connectivity index (χ3v) is 4.34. The lowest BCUT2D eigenvalue weighted by molar-refractivity contribution is 0.306. The van der Waals surface area contributed by atoms with Gasteiger partial charge in [-0.15, -0.1) is 5.10 Å². The maximum absolute atomic E-state index is 5.85. The Labute approximate surface area is 147 Å². The van der Waals surface area contributed by atoms with E-state index in [0.717, 1.165) is 41.2 Å². The van der Waals surface area contributed by atoms with Gasteiger partial charge in [-0.3, -0.25) is 0 Å². The normalized spacial score (nSPS) is 11.2.